The van der Waals surface area contributed by atoms with Crippen molar-refractivity contribution >= 4 is 24.2 Å². The van der Waals surface area contributed by atoms with Gasteiger partial charge in [0.05, 0.1) is 6.54 Å². The minimum absolute atomic E-state index is 0. The number of carbonyl (C=O) groups is 2. The summed E-state index contributed by atoms with van der Waals surface area (Å²) in [6.07, 6.45) is 1.74. The van der Waals surface area contributed by atoms with E-state index in [1.165, 1.54) is 0 Å². The highest BCUT2D eigenvalue weighted by molar-refractivity contribution is 5.86. The number of nitrogens with zero attached hydrogens (tertiary/aromatic N) is 1. The minimum Gasteiger partial charge on any atom is -0.355 e. The molecular formula is C13H26ClN3O2. The predicted octanol–water partition coefficient (Wildman–Crippen LogP) is 0.781. The molecule has 19 heavy (non-hydrogen) atoms. The van der Waals surface area contributed by atoms with Gasteiger partial charge in [0.2, 0.25) is 11.8 Å². The van der Waals surface area contributed by atoms with Gasteiger partial charge in [0.25, 0.3) is 0 Å². The highest BCUT2D eigenvalue weighted by atomic mass is 35.5. The van der Waals surface area contributed by atoms with Crippen LogP contribution in [0.1, 0.15) is 33.6 Å². The zero-order valence-corrected chi connectivity index (χ0v) is 12.9. The zero-order chi connectivity index (χ0) is 13.5. The van der Waals surface area contributed by atoms with Crippen molar-refractivity contribution < 1.29 is 9.59 Å². The van der Waals surface area contributed by atoms with Crippen molar-refractivity contribution in [2.45, 2.75) is 39.7 Å². The van der Waals surface area contributed by atoms with E-state index in [0.29, 0.717) is 19.1 Å². The van der Waals surface area contributed by atoms with E-state index in [4.69, 9.17) is 0 Å². The molecule has 6 heteroatoms. The van der Waals surface area contributed by atoms with Gasteiger partial charge < -0.3 is 15.5 Å². The maximum atomic E-state index is 12.3. The lowest BCUT2D eigenvalue weighted by Crippen LogP contribution is -2.47. The van der Waals surface area contributed by atoms with Crippen molar-refractivity contribution in [3.63, 3.8) is 0 Å². The summed E-state index contributed by atoms with van der Waals surface area (Å²) in [4.78, 5) is 25.5. The Morgan fingerprint density at radius 3 is 2.58 bits per heavy atom. The highest BCUT2D eigenvalue weighted by Crippen LogP contribution is 2.18. The molecule has 2 N–H and O–H groups in total. The summed E-state index contributed by atoms with van der Waals surface area (Å²) in [5.41, 5.74) is 0. The predicted molar refractivity (Wildman–Crippen MR) is 78.4 cm³/mol. The molecule has 1 rings (SSSR count). The lowest BCUT2D eigenvalue weighted by atomic mass is 9.92. The van der Waals surface area contributed by atoms with Gasteiger partial charge in [0, 0.05) is 25.0 Å². The maximum absolute atomic E-state index is 12.3. The Kier molecular flexibility index (Phi) is 8.76. The van der Waals surface area contributed by atoms with E-state index in [2.05, 4.69) is 17.6 Å². The second-order valence-corrected chi connectivity index (χ2v) is 4.88. The Morgan fingerprint density at radius 1 is 1.37 bits per heavy atom. The Balaban J connectivity index is 0.00000324. The molecule has 1 fully saturated rings. The third kappa shape index (κ3) is 5.78. The standard InChI is InChI=1S/C13H25N3O2.ClH/c1-4-14-12(17)9-16(5-2)13(18)11-6-7-15-10(3)8-11;/h10-11,15H,4-9H2,1-3H3,(H,14,17);1H/t10-,11-;/m0./s1. The topological polar surface area (TPSA) is 61.4 Å². The van der Waals surface area contributed by atoms with Crippen LogP contribution >= 0.6 is 12.4 Å². The summed E-state index contributed by atoms with van der Waals surface area (Å²) in [6, 6.07) is 0.385. The average molecular weight is 292 g/mol. The van der Waals surface area contributed by atoms with Gasteiger partial charge in [-0.3, -0.25) is 9.59 Å². The van der Waals surface area contributed by atoms with Crippen molar-refractivity contribution in [2.75, 3.05) is 26.2 Å². The molecule has 1 saturated heterocycles. The second kappa shape index (κ2) is 9.15. The molecule has 112 valence electrons. The van der Waals surface area contributed by atoms with Crippen LogP contribution in [0.15, 0.2) is 0 Å². The van der Waals surface area contributed by atoms with Crippen molar-refractivity contribution in [3.05, 3.63) is 0 Å². The molecule has 1 aliphatic heterocycles. The lowest BCUT2D eigenvalue weighted by Gasteiger charge is -2.31. The third-order valence-corrected chi connectivity index (χ3v) is 3.37. The quantitative estimate of drug-likeness (QED) is 0.787. The van der Waals surface area contributed by atoms with Crippen LogP contribution < -0.4 is 10.6 Å². The van der Waals surface area contributed by atoms with Crippen LogP contribution in [0.3, 0.4) is 0 Å². The van der Waals surface area contributed by atoms with Crippen molar-refractivity contribution in [1.29, 1.82) is 0 Å². The molecule has 0 unspecified atom stereocenters. The summed E-state index contributed by atoms with van der Waals surface area (Å²) in [7, 11) is 0. The van der Waals surface area contributed by atoms with E-state index in [1.807, 2.05) is 13.8 Å². The van der Waals surface area contributed by atoms with Gasteiger partial charge in [-0.05, 0) is 40.2 Å². The molecule has 0 saturated carbocycles. The number of rotatable bonds is 5. The molecule has 0 aromatic rings. The van der Waals surface area contributed by atoms with Crippen LogP contribution in [-0.2, 0) is 9.59 Å². The largest absolute Gasteiger partial charge is 0.355 e. The van der Waals surface area contributed by atoms with Crippen LogP contribution in [0.25, 0.3) is 0 Å². The van der Waals surface area contributed by atoms with E-state index in [1.54, 1.807) is 4.90 Å². The highest BCUT2D eigenvalue weighted by Gasteiger charge is 2.28. The number of amides is 2. The number of carbonyl (C=O) groups excluding carboxylic acids is 2. The number of hydrogen-bond donors (Lipinski definition) is 2. The van der Waals surface area contributed by atoms with Gasteiger partial charge in [0.1, 0.15) is 0 Å². The van der Waals surface area contributed by atoms with Gasteiger partial charge in [-0.25, -0.2) is 0 Å². The maximum Gasteiger partial charge on any atom is 0.239 e. The molecule has 1 aliphatic rings. The summed E-state index contributed by atoms with van der Waals surface area (Å²) < 4.78 is 0. The molecule has 1 heterocycles. The van der Waals surface area contributed by atoms with Gasteiger partial charge in [0.15, 0.2) is 0 Å². The molecule has 0 radical (unpaired) electrons. The fraction of sp³-hybridized carbons (Fsp3) is 0.846. The van der Waals surface area contributed by atoms with Crippen molar-refractivity contribution in [1.82, 2.24) is 15.5 Å². The first-order valence-electron chi connectivity index (χ1n) is 6.87. The Hall–Kier alpha value is -0.810. The monoisotopic (exact) mass is 291 g/mol. The fourth-order valence-corrected chi connectivity index (χ4v) is 2.39. The molecule has 0 spiro atoms. The lowest BCUT2D eigenvalue weighted by molar-refractivity contribution is -0.140. The van der Waals surface area contributed by atoms with Gasteiger partial charge in [-0.15, -0.1) is 12.4 Å². The number of nitrogens with one attached hydrogen (secondary N) is 2. The van der Waals surface area contributed by atoms with Crippen LogP contribution in [0.2, 0.25) is 0 Å². The molecule has 0 aromatic carbocycles. The SMILES string of the molecule is CCNC(=O)CN(CC)C(=O)[C@H]1CCN[C@@H](C)C1.Cl. The molecule has 0 bridgehead atoms. The van der Waals surface area contributed by atoms with E-state index >= 15 is 0 Å². The molecule has 5 nitrogen and oxygen atoms in total. The molecule has 2 atom stereocenters. The Morgan fingerprint density at radius 2 is 2.05 bits per heavy atom. The normalized spacial score (nSPS) is 22.3. The third-order valence-electron chi connectivity index (χ3n) is 3.37. The molecule has 0 aliphatic carbocycles. The van der Waals surface area contributed by atoms with Gasteiger partial charge in [-0.2, -0.15) is 0 Å². The number of likely N-dealkylation sites (N-methyl/N-ethyl adjacent to an activating group) is 2. The summed E-state index contributed by atoms with van der Waals surface area (Å²) >= 11 is 0. The average Bonchev–Trinajstić information content (AvgIpc) is 2.35. The molecular weight excluding hydrogens is 266 g/mol. The second-order valence-electron chi connectivity index (χ2n) is 4.88. The summed E-state index contributed by atoms with van der Waals surface area (Å²) in [6.45, 7) is 8.16. The van der Waals surface area contributed by atoms with Crippen LogP contribution in [0.5, 0.6) is 0 Å². The minimum atomic E-state index is -0.0744. The van der Waals surface area contributed by atoms with Crippen molar-refractivity contribution in [2.24, 2.45) is 5.92 Å². The molecule has 0 aromatic heterocycles. The van der Waals surface area contributed by atoms with E-state index in [0.717, 1.165) is 19.4 Å². The Bertz CT molecular complexity index is 300. The molecule has 2 amide bonds. The van der Waals surface area contributed by atoms with E-state index in [-0.39, 0.29) is 36.7 Å². The number of hydrogen-bond acceptors (Lipinski definition) is 3. The van der Waals surface area contributed by atoms with Crippen molar-refractivity contribution in [3.8, 4) is 0 Å². The van der Waals surface area contributed by atoms with Gasteiger partial charge in [-0.1, -0.05) is 0 Å². The van der Waals surface area contributed by atoms with E-state index < -0.39 is 0 Å². The van der Waals surface area contributed by atoms with Crippen LogP contribution in [-0.4, -0.2) is 48.9 Å². The summed E-state index contributed by atoms with van der Waals surface area (Å²) in [5.74, 6) is 0.113. The first kappa shape index (κ1) is 18.2. The van der Waals surface area contributed by atoms with Gasteiger partial charge >= 0.3 is 0 Å². The van der Waals surface area contributed by atoms with Crippen LogP contribution in [0.4, 0.5) is 0 Å². The zero-order valence-electron chi connectivity index (χ0n) is 12.1. The Labute approximate surface area is 121 Å². The van der Waals surface area contributed by atoms with Crippen LogP contribution in [0, 0.1) is 5.92 Å². The van der Waals surface area contributed by atoms with E-state index in [9.17, 15) is 9.59 Å². The smallest absolute Gasteiger partial charge is 0.239 e. The fourth-order valence-electron chi connectivity index (χ4n) is 2.39. The first-order valence-corrected chi connectivity index (χ1v) is 6.87. The summed E-state index contributed by atoms with van der Waals surface area (Å²) in [5, 5.41) is 6.07. The number of halogens is 1. The first-order chi connectivity index (χ1) is 8.58. The number of piperidine rings is 1.